The fraction of sp³-hybridized carbons (Fsp3) is 0.421. The van der Waals surface area contributed by atoms with Gasteiger partial charge in [-0.3, -0.25) is 4.98 Å². The summed E-state index contributed by atoms with van der Waals surface area (Å²) >= 11 is 0. The lowest BCUT2D eigenvalue weighted by Crippen LogP contribution is -2.13. The molecule has 0 radical (unpaired) electrons. The molecule has 0 unspecified atom stereocenters. The smallest absolute Gasteiger partial charge is 0.119 e. The maximum Gasteiger partial charge on any atom is 0.119 e. The van der Waals surface area contributed by atoms with Crippen molar-refractivity contribution in [1.82, 2.24) is 10.3 Å². The molecule has 1 aromatic heterocycles. The number of rotatable bonds is 8. The zero-order chi connectivity index (χ0) is 15.8. The van der Waals surface area contributed by atoms with Gasteiger partial charge in [0.2, 0.25) is 0 Å². The lowest BCUT2D eigenvalue weighted by Gasteiger charge is -2.09. The van der Waals surface area contributed by atoms with E-state index in [-0.39, 0.29) is 0 Å². The third kappa shape index (κ3) is 4.57. The van der Waals surface area contributed by atoms with Gasteiger partial charge in [0.15, 0.2) is 0 Å². The van der Waals surface area contributed by atoms with E-state index in [1.165, 1.54) is 5.56 Å². The highest BCUT2D eigenvalue weighted by Gasteiger charge is 2.04. The summed E-state index contributed by atoms with van der Waals surface area (Å²) in [5, 5.41) is 3.34. The molecule has 22 heavy (non-hydrogen) atoms. The van der Waals surface area contributed by atoms with E-state index in [2.05, 4.69) is 50.4 Å². The van der Waals surface area contributed by atoms with E-state index in [1.54, 1.807) is 0 Å². The second kappa shape index (κ2) is 8.54. The summed E-state index contributed by atoms with van der Waals surface area (Å²) in [5.74, 6) is 0.928. The molecule has 2 aromatic rings. The van der Waals surface area contributed by atoms with Crippen LogP contribution in [0, 0.1) is 6.92 Å². The molecule has 0 aliphatic rings. The molecule has 0 fully saturated rings. The molecular weight excluding hydrogens is 272 g/mol. The van der Waals surface area contributed by atoms with Gasteiger partial charge >= 0.3 is 0 Å². The van der Waals surface area contributed by atoms with Crippen LogP contribution in [0.3, 0.4) is 0 Å². The van der Waals surface area contributed by atoms with Crippen molar-refractivity contribution in [2.75, 3.05) is 13.2 Å². The van der Waals surface area contributed by atoms with Gasteiger partial charge < -0.3 is 10.1 Å². The van der Waals surface area contributed by atoms with E-state index in [1.807, 2.05) is 12.1 Å². The Bertz CT molecular complexity index is 578. The standard InChI is InChI=1S/C19H26N2O/c1-4-6-13-22-18-10-7-16(8-11-18)19-12-9-17(14-20-5-2)15(3)21-19/h7-12,20H,4-6,13-14H2,1-3H3. The van der Waals surface area contributed by atoms with Crippen LogP contribution in [0.25, 0.3) is 11.3 Å². The molecule has 0 amide bonds. The molecule has 1 heterocycles. The highest BCUT2D eigenvalue weighted by molar-refractivity contribution is 5.60. The maximum absolute atomic E-state index is 5.70. The van der Waals surface area contributed by atoms with Crippen LogP contribution in [0.2, 0.25) is 0 Å². The maximum atomic E-state index is 5.70. The molecule has 0 bridgehead atoms. The van der Waals surface area contributed by atoms with Crippen LogP contribution in [-0.4, -0.2) is 18.1 Å². The molecule has 0 saturated carbocycles. The zero-order valence-electron chi connectivity index (χ0n) is 13.9. The molecule has 3 nitrogen and oxygen atoms in total. The molecule has 2 rings (SSSR count). The van der Waals surface area contributed by atoms with Gasteiger partial charge in [-0.2, -0.15) is 0 Å². The van der Waals surface area contributed by atoms with Gasteiger partial charge in [-0.25, -0.2) is 0 Å². The molecule has 0 atom stereocenters. The Kier molecular flexibility index (Phi) is 6.41. The number of nitrogens with zero attached hydrogens (tertiary/aromatic N) is 1. The molecule has 1 N–H and O–H groups in total. The Morgan fingerprint density at radius 1 is 1.05 bits per heavy atom. The third-order valence-corrected chi connectivity index (χ3v) is 3.68. The van der Waals surface area contributed by atoms with Crippen LogP contribution >= 0.6 is 0 Å². The highest BCUT2D eigenvalue weighted by atomic mass is 16.5. The van der Waals surface area contributed by atoms with Gasteiger partial charge in [-0.1, -0.05) is 26.3 Å². The second-order valence-corrected chi connectivity index (χ2v) is 5.45. The van der Waals surface area contributed by atoms with Gasteiger partial charge in [-0.15, -0.1) is 0 Å². The summed E-state index contributed by atoms with van der Waals surface area (Å²) < 4.78 is 5.70. The molecule has 0 spiro atoms. The van der Waals surface area contributed by atoms with Crippen molar-refractivity contribution in [2.24, 2.45) is 0 Å². The minimum absolute atomic E-state index is 0.784. The lowest BCUT2D eigenvalue weighted by atomic mass is 10.1. The van der Waals surface area contributed by atoms with Crippen LogP contribution in [-0.2, 0) is 6.54 Å². The Balaban J connectivity index is 2.06. The Labute approximate surface area is 133 Å². The van der Waals surface area contributed by atoms with E-state index in [0.717, 1.165) is 55.2 Å². The van der Waals surface area contributed by atoms with Crippen molar-refractivity contribution in [1.29, 1.82) is 0 Å². The van der Waals surface area contributed by atoms with Crippen molar-refractivity contribution in [3.8, 4) is 17.0 Å². The Morgan fingerprint density at radius 2 is 1.82 bits per heavy atom. The van der Waals surface area contributed by atoms with Crippen LogP contribution in [0.1, 0.15) is 37.9 Å². The monoisotopic (exact) mass is 298 g/mol. The topological polar surface area (TPSA) is 34.1 Å². The van der Waals surface area contributed by atoms with Crippen molar-refractivity contribution < 1.29 is 4.74 Å². The average Bonchev–Trinajstić information content (AvgIpc) is 2.54. The van der Waals surface area contributed by atoms with Crippen molar-refractivity contribution >= 4 is 0 Å². The summed E-state index contributed by atoms with van der Waals surface area (Å²) in [4.78, 5) is 4.72. The van der Waals surface area contributed by atoms with Crippen LogP contribution in [0.4, 0.5) is 0 Å². The first-order valence-corrected chi connectivity index (χ1v) is 8.15. The van der Waals surface area contributed by atoms with Crippen molar-refractivity contribution in [3.05, 3.63) is 47.7 Å². The average molecular weight is 298 g/mol. The number of aryl methyl sites for hydroxylation is 1. The SMILES string of the molecule is CCCCOc1ccc(-c2ccc(CNCC)c(C)n2)cc1. The van der Waals surface area contributed by atoms with Gasteiger partial charge in [0.1, 0.15) is 5.75 Å². The summed E-state index contributed by atoms with van der Waals surface area (Å²) in [6.07, 6.45) is 2.25. The molecule has 0 aliphatic heterocycles. The normalized spacial score (nSPS) is 10.7. The Morgan fingerprint density at radius 3 is 2.45 bits per heavy atom. The summed E-state index contributed by atoms with van der Waals surface area (Å²) in [6.45, 7) is 8.98. The van der Waals surface area contributed by atoms with Crippen LogP contribution in [0.15, 0.2) is 36.4 Å². The molecule has 1 aromatic carbocycles. The molecule has 0 saturated heterocycles. The van der Waals surface area contributed by atoms with E-state index in [4.69, 9.17) is 9.72 Å². The fourth-order valence-electron chi connectivity index (χ4n) is 2.25. The Hall–Kier alpha value is -1.87. The predicted octanol–water partition coefficient (Wildman–Crippen LogP) is 4.35. The fourth-order valence-corrected chi connectivity index (χ4v) is 2.25. The van der Waals surface area contributed by atoms with E-state index >= 15 is 0 Å². The van der Waals surface area contributed by atoms with Crippen LogP contribution in [0.5, 0.6) is 5.75 Å². The second-order valence-electron chi connectivity index (χ2n) is 5.45. The van der Waals surface area contributed by atoms with E-state index in [9.17, 15) is 0 Å². The number of hydrogen-bond acceptors (Lipinski definition) is 3. The molecule has 118 valence electrons. The van der Waals surface area contributed by atoms with Gasteiger partial charge in [0, 0.05) is 17.8 Å². The number of aromatic nitrogens is 1. The minimum Gasteiger partial charge on any atom is -0.494 e. The predicted molar refractivity (Wildman–Crippen MR) is 92.2 cm³/mol. The van der Waals surface area contributed by atoms with E-state index in [0.29, 0.717) is 0 Å². The quantitative estimate of drug-likeness (QED) is 0.736. The van der Waals surface area contributed by atoms with Crippen molar-refractivity contribution in [2.45, 2.75) is 40.2 Å². The van der Waals surface area contributed by atoms with E-state index < -0.39 is 0 Å². The summed E-state index contributed by atoms with van der Waals surface area (Å²) in [5.41, 5.74) is 4.48. The number of unbranched alkanes of at least 4 members (excludes halogenated alkanes) is 1. The number of hydrogen-bond donors (Lipinski definition) is 1. The number of nitrogens with one attached hydrogen (secondary N) is 1. The number of ether oxygens (including phenoxy) is 1. The molecule has 0 aliphatic carbocycles. The molecular formula is C19H26N2O. The first-order chi connectivity index (χ1) is 10.7. The number of benzene rings is 1. The largest absolute Gasteiger partial charge is 0.494 e. The van der Waals surface area contributed by atoms with Gasteiger partial charge in [0.25, 0.3) is 0 Å². The van der Waals surface area contributed by atoms with Crippen molar-refractivity contribution in [3.63, 3.8) is 0 Å². The van der Waals surface area contributed by atoms with Gasteiger partial charge in [-0.05, 0) is 55.8 Å². The highest BCUT2D eigenvalue weighted by Crippen LogP contribution is 2.22. The summed E-state index contributed by atoms with van der Waals surface area (Å²) in [6, 6.07) is 12.4. The minimum atomic E-state index is 0.784. The van der Waals surface area contributed by atoms with Crippen LogP contribution < -0.4 is 10.1 Å². The first-order valence-electron chi connectivity index (χ1n) is 8.15. The molecule has 3 heteroatoms. The first kappa shape index (κ1) is 16.5. The summed E-state index contributed by atoms with van der Waals surface area (Å²) in [7, 11) is 0. The third-order valence-electron chi connectivity index (χ3n) is 3.68. The zero-order valence-corrected chi connectivity index (χ0v) is 13.9. The van der Waals surface area contributed by atoms with Gasteiger partial charge in [0.05, 0.1) is 12.3 Å². The lowest BCUT2D eigenvalue weighted by molar-refractivity contribution is 0.309. The number of pyridine rings is 1.